The molecule has 5 nitrogen and oxygen atoms in total. The molecule has 0 atom stereocenters. The van der Waals surface area contributed by atoms with Gasteiger partial charge in [-0.1, -0.05) is 0 Å². The molecule has 1 saturated heterocycles. The molecule has 0 unspecified atom stereocenters. The fourth-order valence-corrected chi connectivity index (χ4v) is 3.32. The number of likely N-dealkylation sites (tertiary alicyclic amines) is 1. The molecule has 3 rings (SSSR count). The van der Waals surface area contributed by atoms with Gasteiger partial charge in [-0.15, -0.1) is 11.3 Å². The number of rotatable bonds is 3. The van der Waals surface area contributed by atoms with E-state index < -0.39 is 0 Å². The average Bonchev–Trinajstić information content (AvgIpc) is 2.88. The smallest absolute Gasteiger partial charge is 0.258 e. The standard InChI is InChI=1S/C13H18N4OS/c14-8-10-1-3-16(4-2-10)9-11-7-12(18)17-5-6-19-13(17)15-11/h5-7,10H,1-4,8-9,14H2. The topological polar surface area (TPSA) is 63.6 Å². The molecule has 2 aromatic heterocycles. The van der Waals surface area contributed by atoms with E-state index in [1.807, 2.05) is 5.38 Å². The van der Waals surface area contributed by atoms with Gasteiger partial charge in [-0.3, -0.25) is 14.1 Å². The van der Waals surface area contributed by atoms with Gasteiger partial charge in [-0.05, 0) is 38.4 Å². The predicted molar refractivity (Wildman–Crippen MR) is 76.4 cm³/mol. The molecule has 0 spiro atoms. The van der Waals surface area contributed by atoms with Gasteiger partial charge in [0.25, 0.3) is 5.56 Å². The highest BCUT2D eigenvalue weighted by Gasteiger charge is 2.18. The summed E-state index contributed by atoms with van der Waals surface area (Å²) in [6.45, 7) is 3.65. The Morgan fingerprint density at radius 3 is 2.95 bits per heavy atom. The summed E-state index contributed by atoms with van der Waals surface area (Å²) in [5, 5.41) is 1.89. The van der Waals surface area contributed by atoms with Gasteiger partial charge in [0.05, 0.1) is 5.69 Å². The number of aromatic nitrogens is 2. The van der Waals surface area contributed by atoms with Crippen LogP contribution in [-0.4, -0.2) is 33.9 Å². The Bertz CT molecular complexity index is 612. The SMILES string of the molecule is NCC1CCN(Cc2cc(=O)n3ccsc3n2)CC1. The zero-order valence-electron chi connectivity index (χ0n) is 10.8. The molecule has 1 aliphatic heterocycles. The highest BCUT2D eigenvalue weighted by atomic mass is 32.1. The number of fused-ring (bicyclic) bond motifs is 1. The number of hydrogen-bond acceptors (Lipinski definition) is 5. The summed E-state index contributed by atoms with van der Waals surface area (Å²) in [7, 11) is 0. The average molecular weight is 278 g/mol. The number of piperidine rings is 1. The number of nitrogens with zero attached hydrogens (tertiary/aromatic N) is 3. The van der Waals surface area contributed by atoms with Gasteiger partial charge in [0.15, 0.2) is 4.96 Å². The first kappa shape index (κ1) is 12.8. The molecule has 0 amide bonds. The maximum absolute atomic E-state index is 11.9. The van der Waals surface area contributed by atoms with Crippen molar-refractivity contribution in [3.63, 3.8) is 0 Å². The largest absolute Gasteiger partial charge is 0.330 e. The maximum atomic E-state index is 11.9. The third-order valence-electron chi connectivity index (χ3n) is 3.78. The second-order valence-electron chi connectivity index (χ2n) is 5.10. The van der Waals surface area contributed by atoms with Crippen LogP contribution >= 0.6 is 11.3 Å². The van der Waals surface area contributed by atoms with Crippen molar-refractivity contribution in [1.29, 1.82) is 0 Å². The zero-order valence-corrected chi connectivity index (χ0v) is 11.6. The van der Waals surface area contributed by atoms with Crippen molar-refractivity contribution >= 4 is 16.3 Å². The van der Waals surface area contributed by atoms with E-state index in [1.165, 1.54) is 11.3 Å². The van der Waals surface area contributed by atoms with Crippen molar-refractivity contribution in [2.75, 3.05) is 19.6 Å². The lowest BCUT2D eigenvalue weighted by atomic mass is 9.97. The van der Waals surface area contributed by atoms with E-state index in [-0.39, 0.29) is 5.56 Å². The van der Waals surface area contributed by atoms with Crippen LogP contribution in [0.25, 0.3) is 4.96 Å². The molecule has 0 saturated carbocycles. The van der Waals surface area contributed by atoms with Gasteiger partial charge >= 0.3 is 0 Å². The first-order chi connectivity index (χ1) is 9.26. The number of hydrogen-bond donors (Lipinski definition) is 1. The lowest BCUT2D eigenvalue weighted by Crippen LogP contribution is -2.36. The third-order valence-corrected chi connectivity index (χ3v) is 4.54. The summed E-state index contributed by atoms with van der Waals surface area (Å²) in [6, 6.07) is 1.65. The monoisotopic (exact) mass is 278 g/mol. The summed E-state index contributed by atoms with van der Waals surface area (Å²) < 4.78 is 1.59. The van der Waals surface area contributed by atoms with Crippen LogP contribution in [0.4, 0.5) is 0 Å². The molecule has 3 heterocycles. The van der Waals surface area contributed by atoms with Crippen LogP contribution < -0.4 is 11.3 Å². The predicted octanol–water partition coefficient (Wildman–Crippen LogP) is 0.927. The summed E-state index contributed by atoms with van der Waals surface area (Å²) in [4.78, 5) is 19.6. The van der Waals surface area contributed by atoms with Crippen LogP contribution in [-0.2, 0) is 6.54 Å². The lowest BCUT2D eigenvalue weighted by molar-refractivity contribution is 0.179. The fraction of sp³-hybridized carbons (Fsp3) is 0.538. The Labute approximate surface area is 115 Å². The molecule has 0 aromatic carbocycles. The van der Waals surface area contributed by atoms with E-state index in [1.54, 1.807) is 16.7 Å². The van der Waals surface area contributed by atoms with Gasteiger partial charge in [0.1, 0.15) is 0 Å². The zero-order chi connectivity index (χ0) is 13.2. The van der Waals surface area contributed by atoms with Crippen LogP contribution in [0.15, 0.2) is 22.4 Å². The van der Waals surface area contributed by atoms with Crippen molar-refractivity contribution in [1.82, 2.24) is 14.3 Å². The Kier molecular flexibility index (Phi) is 3.63. The Morgan fingerprint density at radius 1 is 1.42 bits per heavy atom. The van der Waals surface area contributed by atoms with Crippen LogP contribution in [0.3, 0.4) is 0 Å². The van der Waals surface area contributed by atoms with E-state index >= 15 is 0 Å². The summed E-state index contributed by atoms with van der Waals surface area (Å²) in [5.74, 6) is 0.662. The van der Waals surface area contributed by atoms with Crippen LogP contribution in [0.5, 0.6) is 0 Å². The van der Waals surface area contributed by atoms with E-state index in [9.17, 15) is 4.79 Å². The lowest BCUT2D eigenvalue weighted by Gasteiger charge is -2.30. The van der Waals surface area contributed by atoms with Crippen LogP contribution in [0, 0.1) is 5.92 Å². The van der Waals surface area contributed by atoms with E-state index in [2.05, 4.69) is 9.88 Å². The van der Waals surface area contributed by atoms with E-state index in [0.29, 0.717) is 5.92 Å². The molecule has 102 valence electrons. The van der Waals surface area contributed by atoms with E-state index in [4.69, 9.17) is 5.73 Å². The molecule has 0 aliphatic carbocycles. The Balaban J connectivity index is 1.73. The molecule has 1 fully saturated rings. The number of thiazole rings is 1. The second-order valence-corrected chi connectivity index (χ2v) is 5.97. The third kappa shape index (κ3) is 2.70. The van der Waals surface area contributed by atoms with Gasteiger partial charge in [0, 0.05) is 24.2 Å². The van der Waals surface area contributed by atoms with Crippen molar-refractivity contribution in [3.05, 3.63) is 33.7 Å². The maximum Gasteiger partial charge on any atom is 0.258 e. The molecule has 19 heavy (non-hydrogen) atoms. The van der Waals surface area contributed by atoms with Crippen molar-refractivity contribution in [3.8, 4) is 0 Å². The molecular formula is C13H18N4OS. The minimum absolute atomic E-state index is 0.0121. The first-order valence-corrected chi connectivity index (χ1v) is 7.52. The van der Waals surface area contributed by atoms with Crippen molar-refractivity contribution in [2.24, 2.45) is 11.7 Å². The van der Waals surface area contributed by atoms with Crippen molar-refractivity contribution in [2.45, 2.75) is 19.4 Å². The van der Waals surface area contributed by atoms with Crippen molar-refractivity contribution < 1.29 is 0 Å². The Morgan fingerprint density at radius 2 is 2.21 bits per heavy atom. The Hall–Kier alpha value is -1.24. The molecule has 1 aliphatic rings. The quantitative estimate of drug-likeness (QED) is 0.907. The van der Waals surface area contributed by atoms with Crippen LogP contribution in [0.1, 0.15) is 18.5 Å². The molecule has 2 N–H and O–H groups in total. The van der Waals surface area contributed by atoms with Gasteiger partial charge in [0.2, 0.25) is 0 Å². The fourth-order valence-electron chi connectivity index (χ4n) is 2.58. The summed E-state index contributed by atoms with van der Waals surface area (Å²) in [5.41, 5.74) is 6.58. The highest BCUT2D eigenvalue weighted by molar-refractivity contribution is 7.15. The molecule has 0 bridgehead atoms. The molecule has 6 heteroatoms. The molecule has 2 aromatic rings. The number of nitrogens with two attached hydrogens (primary N) is 1. The van der Waals surface area contributed by atoms with E-state index in [0.717, 1.165) is 49.7 Å². The highest BCUT2D eigenvalue weighted by Crippen LogP contribution is 2.17. The summed E-state index contributed by atoms with van der Waals surface area (Å²) in [6.07, 6.45) is 4.07. The minimum Gasteiger partial charge on any atom is -0.330 e. The second kappa shape index (κ2) is 5.40. The minimum atomic E-state index is 0.0121. The molecular weight excluding hydrogens is 260 g/mol. The van der Waals surface area contributed by atoms with Gasteiger partial charge in [-0.25, -0.2) is 4.98 Å². The normalized spacial score (nSPS) is 18.2. The first-order valence-electron chi connectivity index (χ1n) is 6.64. The molecule has 0 radical (unpaired) electrons. The van der Waals surface area contributed by atoms with Gasteiger partial charge < -0.3 is 5.73 Å². The van der Waals surface area contributed by atoms with Gasteiger partial charge in [-0.2, -0.15) is 0 Å². The summed E-state index contributed by atoms with van der Waals surface area (Å²) >= 11 is 1.50. The van der Waals surface area contributed by atoms with Crippen LogP contribution in [0.2, 0.25) is 0 Å².